The average molecular weight is 217 g/mol. The zero-order chi connectivity index (χ0) is 9.84. The molecule has 0 saturated heterocycles. The maximum Gasteiger partial charge on any atom is 0.0631 e. The second-order valence-corrected chi connectivity index (χ2v) is 4.82. The third-order valence-electron chi connectivity index (χ3n) is 1.83. The second kappa shape index (κ2) is 4.89. The topological polar surface area (TPSA) is 20.2 Å². The molecule has 1 aromatic carbocycles. The molecule has 1 aromatic rings. The molecule has 0 aliphatic rings. The van der Waals surface area contributed by atoms with Crippen LogP contribution < -0.4 is 0 Å². The van der Waals surface area contributed by atoms with Crippen LogP contribution in [0.3, 0.4) is 0 Å². The first-order valence-corrected chi connectivity index (χ1v) is 5.46. The number of hydrogen-bond donors (Lipinski definition) is 1. The number of thioether (sulfide) groups is 1. The SMILES string of the molecule is CC(O)C(C)Sc1ccccc1Cl. The molecule has 0 bridgehead atoms. The Kier molecular flexibility index (Phi) is 4.10. The Hall–Kier alpha value is -0.180. The lowest BCUT2D eigenvalue weighted by atomic mass is 10.3. The van der Waals surface area contributed by atoms with E-state index < -0.39 is 0 Å². The first-order chi connectivity index (χ1) is 6.11. The molecule has 0 aliphatic carbocycles. The molecule has 1 N–H and O–H groups in total. The van der Waals surface area contributed by atoms with E-state index in [2.05, 4.69) is 0 Å². The van der Waals surface area contributed by atoms with Crippen LogP contribution in [0.5, 0.6) is 0 Å². The van der Waals surface area contributed by atoms with Crippen LogP contribution in [0.2, 0.25) is 5.02 Å². The van der Waals surface area contributed by atoms with E-state index >= 15 is 0 Å². The summed E-state index contributed by atoms with van der Waals surface area (Å²) in [4.78, 5) is 1.03. The average Bonchev–Trinajstić information content (AvgIpc) is 2.08. The summed E-state index contributed by atoms with van der Waals surface area (Å²) in [5.41, 5.74) is 0. The third-order valence-corrected chi connectivity index (χ3v) is 3.65. The lowest BCUT2D eigenvalue weighted by molar-refractivity contribution is 0.196. The first kappa shape index (κ1) is 10.9. The van der Waals surface area contributed by atoms with Gasteiger partial charge in [0.05, 0.1) is 11.1 Å². The quantitative estimate of drug-likeness (QED) is 0.784. The molecule has 0 heterocycles. The van der Waals surface area contributed by atoms with Crippen LogP contribution in [0, 0.1) is 0 Å². The van der Waals surface area contributed by atoms with Crippen molar-refractivity contribution in [1.29, 1.82) is 0 Å². The predicted octanol–water partition coefficient (Wildman–Crippen LogP) is 3.20. The van der Waals surface area contributed by atoms with E-state index in [1.54, 1.807) is 18.7 Å². The van der Waals surface area contributed by atoms with Gasteiger partial charge in [0.25, 0.3) is 0 Å². The number of benzene rings is 1. The van der Waals surface area contributed by atoms with E-state index in [0.29, 0.717) is 0 Å². The summed E-state index contributed by atoms with van der Waals surface area (Å²) in [7, 11) is 0. The van der Waals surface area contributed by atoms with E-state index in [4.69, 9.17) is 11.6 Å². The van der Waals surface area contributed by atoms with Crippen LogP contribution >= 0.6 is 23.4 Å². The molecule has 3 heteroatoms. The minimum absolute atomic E-state index is 0.167. The van der Waals surface area contributed by atoms with Crippen LogP contribution in [0.4, 0.5) is 0 Å². The summed E-state index contributed by atoms with van der Waals surface area (Å²) >= 11 is 7.57. The van der Waals surface area contributed by atoms with Gasteiger partial charge in [-0.05, 0) is 19.1 Å². The summed E-state index contributed by atoms with van der Waals surface area (Å²) in [6, 6.07) is 7.67. The Labute approximate surface area is 88.1 Å². The van der Waals surface area contributed by atoms with E-state index in [9.17, 15) is 5.11 Å². The fourth-order valence-electron chi connectivity index (χ4n) is 0.839. The van der Waals surface area contributed by atoms with Crippen LogP contribution in [0.15, 0.2) is 29.2 Å². The fourth-order valence-corrected chi connectivity index (χ4v) is 2.04. The summed E-state index contributed by atoms with van der Waals surface area (Å²) in [5, 5.41) is 10.2. The van der Waals surface area contributed by atoms with Gasteiger partial charge < -0.3 is 5.11 Å². The van der Waals surface area contributed by atoms with Gasteiger partial charge in [0.2, 0.25) is 0 Å². The van der Waals surface area contributed by atoms with Crippen LogP contribution in [0.1, 0.15) is 13.8 Å². The molecule has 0 radical (unpaired) electrons. The molecule has 2 unspecified atom stereocenters. The number of halogens is 1. The lowest BCUT2D eigenvalue weighted by Crippen LogP contribution is -2.14. The molecule has 0 amide bonds. The van der Waals surface area contributed by atoms with Crippen molar-refractivity contribution >= 4 is 23.4 Å². The Morgan fingerprint density at radius 3 is 2.46 bits per heavy atom. The lowest BCUT2D eigenvalue weighted by Gasteiger charge is -2.14. The highest BCUT2D eigenvalue weighted by Gasteiger charge is 2.11. The second-order valence-electron chi connectivity index (χ2n) is 2.99. The molecule has 0 aliphatic heterocycles. The summed E-state index contributed by atoms with van der Waals surface area (Å²) in [6.07, 6.45) is -0.318. The molecule has 0 aromatic heterocycles. The number of aliphatic hydroxyl groups is 1. The number of aliphatic hydroxyl groups excluding tert-OH is 1. The third kappa shape index (κ3) is 3.22. The van der Waals surface area contributed by atoms with Gasteiger partial charge in [0, 0.05) is 10.1 Å². The Morgan fingerprint density at radius 1 is 1.31 bits per heavy atom. The number of rotatable bonds is 3. The highest BCUT2D eigenvalue weighted by molar-refractivity contribution is 8.00. The van der Waals surface area contributed by atoms with E-state index in [1.807, 2.05) is 31.2 Å². The molecule has 1 rings (SSSR count). The first-order valence-electron chi connectivity index (χ1n) is 4.20. The van der Waals surface area contributed by atoms with Crippen molar-refractivity contribution in [3.8, 4) is 0 Å². The highest BCUT2D eigenvalue weighted by Crippen LogP contribution is 2.30. The van der Waals surface area contributed by atoms with E-state index in [0.717, 1.165) is 9.92 Å². The van der Waals surface area contributed by atoms with Crippen molar-refractivity contribution in [3.05, 3.63) is 29.3 Å². The highest BCUT2D eigenvalue weighted by atomic mass is 35.5. The van der Waals surface area contributed by atoms with E-state index in [-0.39, 0.29) is 11.4 Å². The summed E-state index contributed by atoms with van der Waals surface area (Å²) in [6.45, 7) is 3.77. The fraction of sp³-hybridized carbons (Fsp3) is 0.400. The smallest absolute Gasteiger partial charge is 0.0631 e. The predicted molar refractivity (Wildman–Crippen MR) is 58.5 cm³/mol. The normalized spacial score (nSPS) is 15.4. The van der Waals surface area contributed by atoms with Crippen LogP contribution in [-0.2, 0) is 0 Å². The van der Waals surface area contributed by atoms with Gasteiger partial charge >= 0.3 is 0 Å². The van der Waals surface area contributed by atoms with Crippen molar-refractivity contribution < 1.29 is 5.11 Å². The molecule has 13 heavy (non-hydrogen) atoms. The van der Waals surface area contributed by atoms with Gasteiger partial charge in [0.15, 0.2) is 0 Å². The Balaban J connectivity index is 2.69. The summed E-state index contributed by atoms with van der Waals surface area (Å²) < 4.78 is 0. The van der Waals surface area contributed by atoms with Crippen molar-refractivity contribution in [3.63, 3.8) is 0 Å². The van der Waals surface area contributed by atoms with Gasteiger partial charge in [-0.2, -0.15) is 0 Å². The van der Waals surface area contributed by atoms with Crippen molar-refractivity contribution in [2.45, 2.75) is 30.1 Å². The van der Waals surface area contributed by atoms with Gasteiger partial charge in [-0.3, -0.25) is 0 Å². The maximum atomic E-state index is 9.31. The minimum atomic E-state index is -0.318. The zero-order valence-electron chi connectivity index (χ0n) is 7.70. The van der Waals surface area contributed by atoms with Crippen molar-refractivity contribution in [2.75, 3.05) is 0 Å². The molecular weight excluding hydrogens is 204 g/mol. The number of hydrogen-bond acceptors (Lipinski definition) is 2. The zero-order valence-corrected chi connectivity index (χ0v) is 9.27. The molecule has 0 fully saturated rings. The standard InChI is InChI=1S/C10H13ClOS/c1-7(12)8(2)13-10-6-4-3-5-9(10)11/h3-8,12H,1-2H3. The van der Waals surface area contributed by atoms with Gasteiger partial charge in [-0.15, -0.1) is 11.8 Å². The maximum absolute atomic E-state index is 9.31. The molecule has 1 nitrogen and oxygen atoms in total. The van der Waals surface area contributed by atoms with Crippen LogP contribution in [-0.4, -0.2) is 16.5 Å². The van der Waals surface area contributed by atoms with Crippen LogP contribution in [0.25, 0.3) is 0 Å². The Morgan fingerprint density at radius 2 is 1.92 bits per heavy atom. The monoisotopic (exact) mass is 216 g/mol. The summed E-state index contributed by atoms with van der Waals surface area (Å²) in [5.74, 6) is 0. The van der Waals surface area contributed by atoms with Crippen molar-refractivity contribution in [1.82, 2.24) is 0 Å². The Bertz CT molecular complexity index is 275. The minimum Gasteiger partial charge on any atom is -0.392 e. The molecule has 0 spiro atoms. The van der Waals surface area contributed by atoms with E-state index in [1.165, 1.54) is 0 Å². The van der Waals surface area contributed by atoms with Gasteiger partial charge in [0.1, 0.15) is 0 Å². The molecule has 72 valence electrons. The van der Waals surface area contributed by atoms with Gasteiger partial charge in [-0.1, -0.05) is 30.7 Å². The van der Waals surface area contributed by atoms with Gasteiger partial charge in [-0.25, -0.2) is 0 Å². The molecule has 0 saturated carbocycles. The van der Waals surface area contributed by atoms with Crippen molar-refractivity contribution in [2.24, 2.45) is 0 Å². The largest absolute Gasteiger partial charge is 0.392 e. The molecular formula is C10H13ClOS. The molecule has 2 atom stereocenters.